The van der Waals surface area contributed by atoms with Crippen LogP contribution in [0.2, 0.25) is 0 Å². The van der Waals surface area contributed by atoms with E-state index in [0.717, 1.165) is 42.9 Å². The molecule has 2 aliphatic heterocycles. The van der Waals surface area contributed by atoms with Crippen LogP contribution in [0.1, 0.15) is 27.0 Å². The first-order valence-corrected chi connectivity index (χ1v) is 12.0. The third-order valence-electron chi connectivity index (χ3n) is 6.80. The number of β-amino-alcohol motifs (C(OH)–C–C–N with tert-alkyl or cyclic N) is 1. The number of phenols is 1. The van der Waals surface area contributed by atoms with Crippen LogP contribution in [-0.2, 0) is 6.54 Å². The summed E-state index contributed by atoms with van der Waals surface area (Å²) in [4.78, 5) is 17.7. The second-order valence-corrected chi connectivity index (χ2v) is 9.16. The molecular weight excluding hydrogens is 440 g/mol. The maximum atomic E-state index is 13.3. The van der Waals surface area contributed by atoms with Gasteiger partial charge in [0.05, 0.1) is 17.7 Å². The fourth-order valence-corrected chi connectivity index (χ4v) is 4.82. The highest BCUT2D eigenvalue weighted by Gasteiger charge is 2.34. The van der Waals surface area contributed by atoms with Crippen molar-refractivity contribution in [1.82, 2.24) is 9.80 Å². The second kappa shape index (κ2) is 10.0. The lowest BCUT2D eigenvalue weighted by Gasteiger charge is -2.34. The smallest absolute Gasteiger partial charge is 0.232 e. The van der Waals surface area contributed by atoms with Gasteiger partial charge in [-0.1, -0.05) is 54.6 Å². The summed E-state index contributed by atoms with van der Waals surface area (Å²) >= 11 is 0. The Balaban J connectivity index is 1.37. The summed E-state index contributed by atoms with van der Waals surface area (Å²) < 4.78 is 6.11. The number of benzene rings is 3. The normalized spacial score (nSPS) is 17.5. The molecule has 0 saturated carbocycles. The van der Waals surface area contributed by atoms with Crippen LogP contribution in [0.4, 0.5) is 0 Å². The van der Waals surface area contributed by atoms with Crippen molar-refractivity contribution in [2.45, 2.75) is 13.5 Å². The molecule has 0 amide bonds. The van der Waals surface area contributed by atoms with Crippen LogP contribution in [0.5, 0.6) is 11.5 Å². The van der Waals surface area contributed by atoms with Gasteiger partial charge in [0.2, 0.25) is 5.78 Å². The molecule has 0 aliphatic carbocycles. The number of hydrogen-bond acceptors (Lipinski definition) is 6. The lowest BCUT2D eigenvalue weighted by atomic mass is 9.98. The number of fused-ring (bicyclic) bond motifs is 1. The van der Waals surface area contributed by atoms with Crippen LogP contribution in [-0.4, -0.2) is 65.1 Å². The fraction of sp³-hybridized carbons (Fsp3) is 0.276. The van der Waals surface area contributed by atoms with Gasteiger partial charge < -0.3 is 14.9 Å². The molecule has 6 heteroatoms. The summed E-state index contributed by atoms with van der Waals surface area (Å²) in [6, 6.07) is 19.8. The number of carbonyl (C=O) groups excluding carboxylic acids is 1. The number of hydrogen-bond donors (Lipinski definition) is 2. The van der Waals surface area contributed by atoms with E-state index in [1.54, 1.807) is 12.1 Å². The molecule has 2 heterocycles. The van der Waals surface area contributed by atoms with Crippen molar-refractivity contribution in [3.05, 3.63) is 88.7 Å². The summed E-state index contributed by atoms with van der Waals surface area (Å²) in [6.45, 7) is 6.55. The Morgan fingerprint density at radius 3 is 2.29 bits per heavy atom. The lowest BCUT2D eigenvalue weighted by Crippen LogP contribution is -2.46. The van der Waals surface area contributed by atoms with Gasteiger partial charge in [-0.25, -0.2) is 0 Å². The number of allylic oxidation sites excluding steroid dienone is 1. The molecule has 6 nitrogen and oxygen atoms in total. The zero-order chi connectivity index (χ0) is 24.4. The minimum absolute atomic E-state index is 0.153. The summed E-state index contributed by atoms with van der Waals surface area (Å²) in [6.07, 6.45) is 1.77. The van der Waals surface area contributed by atoms with E-state index in [1.165, 1.54) is 0 Å². The van der Waals surface area contributed by atoms with E-state index in [4.69, 9.17) is 9.84 Å². The number of Topliss-reactive ketones (excluding diaryl/α,β-unsaturated/α-hetero) is 1. The van der Waals surface area contributed by atoms with Crippen LogP contribution in [0, 0.1) is 6.92 Å². The van der Waals surface area contributed by atoms with Crippen LogP contribution < -0.4 is 4.74 Å². The molecule has 1 saturated heterocycles. The van der Waals surface area contributed by atoms with Gasteiger partial charge in [0.1, 0.15) is 11.5 Å². The van der Waals surface area contributed by atoms with Crippen LogP contribution in [0.25, 0.3) is 17.2 Å². The zero-order valence-electron chi connectivity index (χ0n) is 19.9. The third-order valence-corrected chi connectivity index (χ3v) is 6.80. The monoisotopic (exact) mass is 470 g/mol. The standard InChI is InChI=1S/C29H30N2O4/c1-20-17-25(33)24(19-31-13-11-30(12-14-31)15-16-32)29-27(20)28(34)26(35-29)18-21-7-9-23(10-8-21)22-5-3-2-4-6-22/h2-10,17-18,32-33H,11-16,19H2,1H3/b26-18-. The molecule has 2 N–H and O–H groups in total. The minimum Gasteiger partial charge on any atom is -0.507 e. The van der Waals surface area contributed by atoms with E-state index >= 15 is 0 Å². The Morgan fingerprint density at radius 2 is 1.60 bits per heavy atom. The van der Waals surface area contributed by atoms with Gasteiger partial charge in [0, 0.05) is 39.3 Å². The van der Waals surface area contributed by atoms with E-state index in [1.807, 2.05) is 49.4 Å². The second-order valence-electron chi connectivity index (χ2n) is 9.16. The highest BCUT2D eigenvalue weighted by molar-refractivity contribution is 6.15. The highest BCUT2D eigenvalue weighted by Crippen LogP contribution is 2.42. The lowest BCUT2D eigenvalue weighted by molar-refractivity contribution is 0.101. The molecule has 35 heavy (non-hydrogen) atoms. The van der Waals surface area contributed by atoms with Crippen molar-refractivity contribution in [2.24, 2.45) is 0 Å². The molecule has 1 fully saturated rings. The van der Waals surface area contributed by atoms with Gasteiger partial charge >= 0.3 is 0 Å². The summed E-state index contributed by atoms with van der Waals surface area (Å²) in [7, 11) is 0. The summed E-state index contributed by atoms with van der Waals surface area (Å²) in [5.74, 6) is 0.742. The van der Waals surface area contributed by atoms with Crippen molar-refractivity contribution >= 4 is 11.9 Å². The number of carbonyl (C=O) groups is 1. The minimum atomic E-state index is -0.154. The van der Waals surface area contributed by atoms with Crippen molar-refractivity contribution in [3.8, 4) is 22.6 Å². The molecule has 180 valence electrons. The number of rotatable bonds is 6. The highest BCUT2D eigenvalue weighted by atomic mass is 16.5. The first-order chi connectivity index (χ1) is 17.0. The average Bonchev–Trinajstić information content (AvgIpc) is 3.20. The Morgan fingerprint density at radius 1 is 0.943 bits per heavy atom. The van der Waals surface area contributed by atoms with Gasteiger partial charge in [-0.3, -0.25) is 14.6 Å². The van der Waals surface area contributed by atoms with Crippen molar-refractivity contribution < 1.29 is 19.7 Å². The predicted molar refractivity (Wildman–Crippen MR) is 136 cm³/mol. The molecular formula is C29H30N2O4. The van der Waals surface area contributed by atoms with Crippen LogP contribution >= 0.6 is 0 Å². The van der Waals surface area contributed by atoms with Gasteiger partial charge in [-0.15, -0.1) is 0 Å². The number of ether oxygens (including phenoxy) is 1. The van der Waals surface area contributed by atoms with Gasteiger partial charge in [0.15, 0.2) is 5.76 Å². The molecule has 2 aliphatic rings. The zero-order valence-corrected chi connectivity index (χ0v) is 19.9. The predicted octanol–water partition coefficient (Wildman–Crippen LogP) is 4.09. The van der Waals surface area contributed by atoms with Crippen molar-refractivity contribution in [1.29, 1.82) is 0 Å². The van der Waals surface area contributed by atoms with Gasteiger partial charge in [-0.05, 0) is 41.3 Å². The maximum absolute atomic E-state index is 13.3. The largest absolute Gasteiger partial charge is 0.507 e. The SMILES string of the molecule is Cc1cc(O)c(CN2CCN(CCO)CC2)c2c1C(=O)/C(=C/c1ccc(-c3ccccc3)cc1)O2. The Bertz CT molecular complexity index is 1240. The molecule has 0 spiro atoms. The molecule has 3 aromatic carbocycles. The quantitative estimate of drug-likeness (QED) is 0.529. The van der Waals surface area contributed by atoms with E-state index in [9.17, 15) is 9.90 Å². The van der Waals surface area contributed by atoms with E-state index < -0.39 is 0 Å². The summed E-state index contributed by atoms with van der Waals surface area (Å²) in [5, 5.41) is 19.9. The van der Waals surface area contributed by atoms with Gasteiger partial charge in [-0.2, -0.15) is 0 Å². The first kappa shape index (κ1) is 23.3. The molecule has 0 bridgehead atoms. The number of nitrogens with zero attached hydrogens (tertiary/aromatic N) is 2. The summed E-state index contributed by atoms with van der Waals surface area (Å²) in [5.41, 5.74) is 5.02. The maximum Gasteiger partial charge on any atom is 0.232 e. The molecule has 0 atom stereocenters. The number of aliphatic hydroxyl groups is 1. The Kier molecular flexibility index (Phi) is 6.68. The van der Waals surface area contributed by atoms with E-state index in [2.05, 4.69) is 21.9 Å². The van der Waals surface area contributed by atoms with Crippen LogP contribution in [0.15, 0.2) is 66.4 Å². The number of aryl methyl sites for hydroxylation is 1. The van der Waals surface area contributed by atoms with Gasteiger partial charge in [0.25, 0.3) is 0 Å². The van der Waals surface area contributed by atoms with Crippen molar-refractivity contribution in [2.75, 3.05) is 39.3 Å². The topological polar surface area (TPSA) is 73.2 Å². The number of piperazine rings is 1. The average molecular weight is 471 g/mol. The fourth-order valence-electron chi connectivity index (χ4n) is 4.82. The van der Waals surface area contributed by atoms with Crippen LogP contribution in [0.3, 0.4) is 0 Å². The molecule has 5 rings (SSSR count). The molecule has 0 unspecified atom stereocenters. The Hall–Kier alpha value is -3.45. The van der Waals surface area contributed by atoms with E-state index in [-0.39, 0.29) is 23.9 Å². The first-order valence-electron chi connectivity index (χ1n) is 12.0. The third kappa shape index (κ3) is 4.86. The number of phenolic OH excluding ortho intramolecular Hbond substituents is 1. The number of aromatic hydroxyl groups is 1. The molecule has 0 aromatic heterocycles. The number of aliphatic hydroxyl groups excluding tert-OH is 1. The van der Waals surface area contributed by atoms with Crippen molar-refractivity contribution in [3.63, 3.8) is 0 Å². The Labute approximate surface area is 205 Å². The molecule has 0 radical (unpaired) electrons. The number of ketones is 1. The van der Waals surface area contributed by atoms with E-state index in [0.29, 0.717) is 35.5 Å². The molecule has 3 aromatic rings.